The Bertz CT molecular complexity index is 1230. The Morgan fingerprint density at radius 1 is 1.00 bits per heavy atom. The Balaban J connectivity index is 1.49. The Kier molecular flexibility index (Phi) is 9.34. The molecule has 0 aliphatic heterocycles. The van der Waals surface area contributed by atoms with E-state index in [0.29, 0.717) is 42.1 Å². The highest BCUT2D eigenvalue weighted by atomic mass is 19.1. The summed E-state index contributed by atoms with van der Waals surface area (Å²) in [5, 5.41) is 0. The number of carbonyl (C=O) groups excluding carboxylic acids is 2. The quantitative estimate of drug-likeness (QED) is 0.123. The van der Waals surface area contributed by atoms with Crippen molar-refractivity contribution in [3.05, 3.63) is 127 Å². The molecule has 0 amide bonds. The number of halogens is 1. The van der Waals surface area contributed by atoms with Crippen molar-refractivity contribution >= 4 is 17.5 Å². The molecule has 0 radical (unpaired) electrons. The number of hydrogen-bond acceptors (Lipinski definition) is 5. The summed E-state index contributed by atoms with van der Waals surface area (Å²) in [4.78, 5) is 23.5. The molecule has 2 aromatic rings. The van der Waals surface area contributed by atoms with Gasteiger partial charge in [0.25, 0.3) is 0 Å². The van der Waals surface area contributed by atoms with E-state index in [0.717, 1.165) is 17.7 Å². The Morgan fingerprint density at radius 3 is 2.36 bits per heavy atom. The molecule has 0 fully saturated rings. The van der Waals surface area contributed by atoms with Crippen LogP contribution in [0.3, 0.4) is 0 Å². The minimum atomic E-state index is -0.652. The SMILES string of the molecule is C=CC(=C)OCCc1ccc(OC(=O)/C=C/[C@H]2C=CC(c3ccc(OC(=O)C=C)cc3F)=CC2)cc1. The second-order valence-corrected chi connectivity index (χ2v) is 7.88. The first-order valence-electron chi connectivity index (χ1n) is 11.3. The summed E-state index contributed by atoms with van der Waals surface area (Å²) in [7, 11) is 0. The van der Waals surface area contributed by atoms with Crippen molar-refractivity contribution in [1.29, 1.82) is 0 Å². The first-order valence-corrected chi connectivity index (χ1v) is 11.3. The van der Waals surface area contributed by atoms with Gasteiger partial charge in [-0.2, -0.15) is 0 Å². The van der Waals surface area contributed by atoms with E-state index >= 15 is 0 Å². The lowest BCUT2D eigenvalue weighted by atomic mass is 9.92. The Morgan fingerprint density at radius 2 is 1.72 bits per heavy atom. The molecule has 3 rings (SSSR count). The lowest BCUT2D eigenvalue weighted by Gasteiger charge is -2.14. The van der Waals surface area contributed by atoms with Crippen molar-refractivity contribution in [3.63, 3.8) is 0 Å². The molecule has 0 bridgehead atoms. The van der Waals surface area contributed by atoms with Crippen LogP contribution < -0.4 is 9.47 Å². The van der Waals surface area contributed by atoms with Gasteiger partial charge in [-0.25, -0.2) is 14.0 Å². The summed E-state index contributed by atoms with van der Waals surface area (Å²) in [5.41, 5.74) is 2.15. The highest BCUT2D eigenvalue weighted by molar-refractivity contribution is 5.84. The normalized spacial score (nSPS) is 14.6. The maximum Gasteiger partial charge on any atom is 0.335 e. The van der Waals surface area contributed by atoms with Gasteiger partial charge < -0.3 is 14.2 Å². The van der Waals surface area contributed by atoms with Crippen LogP contribution in [-0.2, 0) is 20.7 Å². The summed E-state index contributed by atoms with van der Waals surface area (Å²) in [6.07, 6.45) is 12.6. The minimum Gasteiger partial charge on any atom is -0.494 e. The molecule has 0 aromatic heterocycles. The smallest absolute Gasteiger partial charge is 0.335 e. The first kappa shape index (κ1) is 26.2. The molecule has 0 heterocycles. The first-order chi connectivity index (χ1) is 17.4. The number of esters is 2. The zero-order valence-corrected chi connectivity index (χ0v) is 19.8. The van der Waals surface area contributed by atoms with Crippen molar-refractivity contribution in [2.24, 2.45) is 5.92 Å². The van der Waals surface area contributed by atoms with Crippen LogP contribution in [0.15, 0.2) is 110 Å². The number of carbonyl (C=O) groups is 2. The minimum absolute atomic E-state index is 0.0233. The highest BCUT2D eigenvalue weighted by Crippen LogP contribution is 2.29. The maximum atomic E-state index is 14.5. The lowest BCUT2D eigenvalue weighted by molar-refractivity contribution is -0.129. The van der Waals surface area contributed by atoms with E-state index in [1.807, 2.05) is 24.3 Å². The summed E-state index contributed by atoms with van der Waals surface area (Å²) in [6.45, 7) is 11.1. The molecule has 0 N–H and O–H groups in total. The molecule has 0 saturated heterocycles. The van der Waals surface area contributed by atoms with Gasteiger partial charge in [0.15, 0.2) is 0 Å². The van der Waals surface area contributed by atoms with E-state index in [2.05, 4.69) is 19.7 Å². The van der Waals surface area contributed by atoms with E-state index in [1.165, 1.54) is 12.1 Å². The van der Waals surface area contributed by atoms with Gasteiger partial charge in [-0.1, -0.05) is 56.2 Å². The molecule has 0 unspecified atom stereocenters. The van der Waals surface area contributed by atoms with E-state index in [-0.39, 0.29) is 11.7 Å². The number of ether oxygens (including phenoxy) is 3. The largest absolute Gasteiger partial charge is 0.494 e. The second kappa shape index (κ2) is 12.9. The average molecular weight is 487 g/mol. The zero-order valence-electron chi connectivity index (χ0n) is 19.8. The molecule has 2 aromatic carbocycles. The second-order valence-electron chi connectivity index (χ2n) is 7.88. The van der Waals surface area contributed by atoms with Crippen LogP contribution in [0.2, 0.25) is 0 Å². The Hall–Kier alpha value is -4.45. The predicted octanol–water partition coefficient (Wildman–Crippen LogP) is 6.30. The van der Waals surface area contributed by atoms with Gasteiger partial charge in [-0.3, -0.25) is 0 Å². The van der Waals surface area contributed by atoms with Crippen LogP contribution in [0.4, 0.5) is 4.39 Å². The van der Waals surface area contributed by atoms with E-state index < -0.39 is 17.8 Å². The van der Waals surface area contributed by atoms with Crippen LogP contribution in [-0.4, -0.2) is 18.5 Å². The zero-order chi connectivity index (χ0) is 25.9. The average Bonchev–Trinajstić information content (AvgIpc) is 2.89. The van der Waals surface area contributed by atoms with E-state index in [4.69, 9.17) is 14.2 Å². The van der Waals surface area contributed by atoms with Crippen molar-refractivity contribution < 1.29 is 28.2 Å². The molecule has 1 atom stereocenters. The van der Waals surface area contributed by atoms with E-state index in [9.17, 15) is 14.0 Å². The van der Waals surface area contributed by atoms with Crippen LogP contribution in [0.25, 0.3) is 5.57 Å². The van der Waals surface area contributed by atoms with Gasteiger partial charge in [0.2, 0.25) is 0 Å². The molecule has 36 heavy (non-hydrogen) atoms. The van der Waals surface area contributed by atoms with Gasteiger partial charge in [0.1, 0.15) is 23.1 Å². The molecule has 6 heteroatoms. The monoisotopic (exact) mass is 486 g/mol. The summed E-state index contributed by atoms with van der Waals surface area (Å²) >= 11 is 0. The van der Waals surface area contributed by atoms with Gasteiger partial charge in [-0.15, -0.1) is 0 Å². The number of rotatable bonds is 11. The number of allylic oxidation sites excluding steroid dienone is 6. The van der Waals surface area contributed by atoms with Crippen LogP contribution in [0, 0.1) is 11.7 Å². The van der Waals surface area contributed by atoms with E-state index in [1.54, 1.807) is 36.4 Å². The molecule has 1 aliphatic rings. The third-order valence-corrected chi connectivity index (χ3v) is 5.30. The number of hydrogen-bond donors (Lipinski definition) is 0. The predicted molar refractivity (Wildman–Crippen MR) is 138 cm³/mol. The summed E-state index contributed by atoms with van der Waals surface area (Å²) < 4.78 is 30.2. The fourth-order valence-corrected chi connectivity index (χ4v) is 3.37. The highest BCUT2D eigenvalue weighted by Gasteiger charge is 2.13. The fourth-order valence-electron chi connectivity index (χ4n) is 3.37. The van der Waals surface area contributed by atoms with Crippen LogP contribution in [0.5, 0.6) is 11.5 Å². The van der Waals surface area contributed by atoms with Crippen molar-refractivity contribution in [3.8, 4) is 11.5 Å². The molecular weight excluding hydrogens is 459 g/mol. The maximum absolute atomic E-state index is 14.5. The van der Waals surface area contributed by atoms with Gasteiger partial charge in [0, 0.05) is 30.2 Å². The topological polar surface area (TPSA) is 61.8 Å². The van der Waals surface area contributed by atoms with Gasteiger partial charge in [-0.05, 0) is 53.8 Å². The van der Waals surface area contributed by atoms with Gasteiger partial charge in [0.05, 0.1) is 6.61 Å². The number of benzene rings is 2. The molecule has 5 nitrogen and oxygen atoms in total. The molecular formula is C30H27FO5. The van der Waals surface area contributed by atoms with Crippen LogP contribution >= 0.6 is 0 Å². The lowest BCUT2D eigenvalue weighted by Crippen LogP contribution is -2.06. The summed E-state index contributed by atoms with van der Waals surface area (Å²) in [6, 6.07) is 11.5. The summed E-state index contributed by atoms with van der Waals surface area (Å²) in [5.74, 6) is -0.568. The third kappa shape index (κ3) is 7.81. The fraction of sp³-hybridized carbons (Fsp3) is 0.133. The van der Waals surface area contributed by atoms with Crippen molar-refractivity contribution in [1.82, 2.24) is 0 Å². The van der Waals surface area contributed by atoms with Crippen LogP contribution in [0.1, 0.15) is 17.5 Å². The molecule has 1 aliphatic carbocycles. The van der Waals surface area contributed by atoms with Gasteiger partial charge >= 0.3 is 11.9 Å². The third-order valence-electron chi connectivity index (χ3n) is 5.30. The molecule has 0 spiro atoms. The standard InChI is InChI=1S/C30H27FO5/c1-4-21(3)34-19-18-23-8-13-25(14-9-23)35-30(33)17-10-22-6-11-24(12-7-22)27-16-15-26(20-28(27)31)36-29(32)5-2/h4-6,8-17,20,22H,1-3,7,18-19H2/b17-10+/t22-/m0/s1. The van der Waals surface area contributed by atoms with Crippen molar-refractivity contribution in [2.45, 2.75) is 12.8 Å². The molecule has 0 saturated carbocycles. The van der Waals surface area contributed by atoms with Crippen molar-refractivity contribution in [2.75, 3.05) is 6.61 Å². The Labute approximate surface area is 210 Å². The molecule has 184 valence electrons.